The van der Waals surface area contributed by atoms with Crippen LogP contribution in [-0.2, 0) is 69.0 Å². The maximum absolute atomic E-state index is 2.80. The zero-order valence-electron chi connectivity index (χ0n) is 53.9. The molecule has 0 saturated carbocycles. The molecule has 0 aliphatic heterocycles. The summed E-state index contributed by atoms with van der Waals surface area (Å²) in [6.07, 6.45) is 3.80. The second-order valence-electron chi connectivity index (χ2n) is 31.0. The van der Waals surface area contributed by atoms with Crippen molar-refractivity contribution in [1.82, 2.24) is 0 Å². The second kappa shape index (κ2) is 20.8. The SMILES string of the molecule is CCc1ccc(C(C)(C)C)c(-c2cc(-c3c(C(C)(C)C)ccc(CC)c3C(C)(C)C)c(-c3c(C(C)(C)C)ccc(CC)c3C(C)(C)C)c(-c3c(C(C)(C)C)ccc(CC)c3C(C)(C)C)c2-c2ccccc2)c1C(C)(C)C. The third-order valence-electron chi connectivity index (χ3n) is 16.4. The maximum Gasteiger partial charge on any atom is -0.000804 e. The molecule has 0 aromatic heterocycles. The lowest BCUT2D eigenvalue weighted by molar-refractivity contribution is 0.564. The number of benzene rings is 6. The topological polar surface area (TPSA) is 0 Å². The number of hydrogen-bond donors (Lipinski definition) is 0. The van der Waals surface area contributed by atoms with Gasteiger partial charge in [-0.05, 0) is 197 Å². The summed E-state index contributed by atoms with van der Waals surface area (Å²) in [5.41, 5.74) is 29.4. The molecule has 6 rings (SSSR count). The van der Waals surface area contributed by atoms with Crippen LogP contribution in [0.15, 0.2) is 84.9 Å². The Morgan fingerprint density at radius 2 is 0.487 bits per heavy atom. The van der Waals surface area contributed by atoms with Crippen molar-refractivity contribution in [2.45, 2.75) is 263 Å². The zero-order chi connectivity index (χ0) is 57.4. The lowest BCUT2D eigenvalue weighted by Gasteiger charge is -2.40. The third kappa shape index (κ3) is 11.6. The minimum atomic E-state index is -0.210. The summed E-state index contributed by atoms with van der Waals surface area (Å²) in [6.45, 7) is 68.8. The van der Waals surface area contributed by atoms with Gasteiger partial charge in [0.05, 0.1) is 0 Å². The van der Waals surface area contributed by atoms with Crippen LogP contribution in [0, 0.1) is 0 Å². The fraction of sp³-hybridized carbons (Fsp3) is 0.526. The molecular weight excluding hydrogens is 913 g/mol. The van der Waals surface area contributed by atoms with Crippen LogP contribution in [0.25, 0.3) is 55.6 Å². The highest BCUT2D eigenvalue weighted by molar-refractivity contribution is 6.11. The van der Waals surface area contributed by atoms with E-state index in [2.05, 4.69) is 279 Å². The molecule has 6 aromatic carbocycles. The van der Waals surface area contributed by atoms with E-state index in [9.17, 15) is 0 Å². The van der Waals surface area contributed by atoms with Crippen molar-refractivity contribution in [2.75, 3.05) is 0 Å². The molecule has 0 saturated heterocycles. The molecule has 0 radical (unpaired) electrons. The summed E-state index contributed by atoms with van der Waals surface area (Å²) in [7, 11) is 0. The normalized spacial score (nSPS) is 13.5. The minimum Gasteiger partial charge on any atom is -0.0622 e. The minimum absolute atomic E-state index is 0.173. The molecule has 410 valence electrons. The zero-order valence-corrected chi connectivity index (χ0v) is 53.9. The predicted octanol–water partition coefficient (Wildman–Crippen LogP) is 22.7. The van der Waals surface area contributed by atoms with Crippen LogP contribution in [0.1, 0.15) is 261 Å². The molecule has 6 aromatic rings. The van der Waals surface area contributed by atoms with Gasteiger partial charge < -0.3 is 0 Å². The van der Waals surface area contributed by atoms with E-state index >= 15 is 0 Å². The first-order valence-corrected chi connectivity index (χ1v) is 29.6. The molecule has 0 nitrogen and oxygen atoms in total. The fourth-order valence-electron chi connectivity index (χ4n) is 13.3. The largest absolute Gasteiger partial charge is 0.0622 e. The monoisotopic (exact) mass is 1020 g/mol. The molecule has 0 atom stereocenters. The lowest BCUT2D eigenvalue weighted by atomic mass is 9.63. The number of rotatable bonds is 9. The van der Waals surface area contributed by atoms with Crippen LogP contribution in [0.4, 0.5) is 0 Å². The maximum atomic E-state index is 2.80. The van der Waals surface area contributed by atoms with Crippen molar-refractivity contribution in [1.29, 1.82) is 0 Å². The number of aryl methyl sites for hydroxylation is 4. The molecule has 0 fully saturated rings. The van der Waals surface area contributed by atoms with Gasteiger partial charge in [0, 0.05) is 0 Å². The van der Waals surface area contributed by atoms with Gasteiger partial charge in [-0.3, -0.25) is 0 Å². The van der Waals surface area contributed by atoms with Crippen LogP contribution >= 0.6 is 0 Å². The summed E-state index contributed by atoms with van der Waals surface area (Å²) in [5.74, 6) is 0. The van der Waals surface area contributed by atoms with Gasteiger partial charge in [0.2, 0.25) is 0 Å². The molecule has 0 N–H and O–H groups in total. The Bertz CT molecular complexity index is 3080. The van der Waals surface area contributed by atoms with Gasteiger partial charge in [-0.2, -0.15) is 0 Å². The summed E-state index contributed by atoms with van der Waals surface area (Å²) in [6, 6.07) is 34.6. The highest BCUT2D eigenvalue weighted by atomic mass is 14.4. The highest BCUT2D eigenvalue weighted by Crippen LogP contribution is 2.61. The Balaban J connectivity index is 2.40. The third-order valence-corrected chi connectivity index (χ3v) is 16.4. The molecule has 0 unspecified atom stereocenters. The van der Waals surface area contributed by atoms with Gasteiger partial charge in [0.15, 0.2) is 0 Å². The Morgan fingerprint density at radius 3 is 0.750 bits per heavy atom. The van der Waals surface area contributed by atoms with Crippen molar-refractivity contribution in [3.05, 3.63) is 152 Å². The van der Waals surface area contributed by atoms with E-state index in [4.69, 9.17) is 0 Å². The Labute approximate surface area is 467 Å². The van der Waals surface area contributed by atoms with Gasteiger partial charge in [-0.15, -0.1) is 0 Å². The van der Waals surface area contributed by atoms with Gasteiger partial charge in [0.25, 0.3) is 0 Å². The van der Waals surface area contributed by atoms with Gasteiger partial charge >= 0.3 is 0 Å². The average Bonchev–Trinajstić information content (AvgIpc) is 3.29. The van der Waals surface area contributed by atoms with E-state index in [0.29, 0.717) is 0 Å². The molecule has 76 heavy (non-hydrogen) atoms. The fourth-order valence-corrected chi connectivity index (χ4v) is 13.3. The standard InChI is InChI=1S/C76H106/c1-29-47-38-42-54(69(5,6)7)59(65(47)73(17,18)19)52-46-53(60-55(70(8,9)10)43-39-48(30-2)66(60)74(20,21)22)61(62-56(71(11,12)13)44-40-49(31-3)67(62)75(23,24)25)64(58(52)51-36-34-33-35-37-51)63-57(72(14,15)16)45-41-50(32-4)68(63)76(26,27)28/h33-46H,29-32H2,1-28H3. The van der Waals surface area contributed by atoms with E-state index in [0.717, 1.165) is 25.7 Å². The Kier molecular flexibility index (Phi) is 16.6. The molecule has 0 aliphatic rings. The van der Waals surface area contributed by atoms with Crippen LogP contribution in [-0.4, -0.2) is 0 Å². The predicted molar refractivity (Wildman–Crippen MR) is 341 cm³/mol. The summed E-state index contributed by atoms with van der Waals surface area (Å²) >= 11 is 0. The van der Waals surface area contributed by atoms with E-state index in [1.54, 1.807) is 0 Å². The van der Waals surface area contributed by atoms with Crippen LogP contribution in [0.2, 0.25) is 0 Å². The molecule has 0 aliphatic carbocycles. The first kappa shape index (κ1) is 60.5. The van der Waals surface area contributed by atoms with Gasteiger partial charge in [0.1, 0.15) is 0 Å². The van der Waals surface area contributed by atoms with Crippen molar-refractivity contribution < 1.29 is 0 Å². The molecule has 0 heterocycles. The van der Waals surface area contributed by atoms with E-state index in [-0.39, 0.29) is 43.3 Å². The first-order valence-electron chi connectivity index (χ1n) is 29.6. The molecule has 0 heteroatoms. The Morgan fingerprint density at radius 1 is 0.237 bits per heavy atom. The molecule has 0 spiro atoms. The number of hydrogen-bond acceptors (Lipinski definition) is 0. The highest BCUT2D eigenvalue weighted by Gasteiger charge is 2.41. The Hall–Kier alpha value is -4.68. The summed E-state index contributed by atoms with van der Waals surface area (Å²) < 4.78 is 0. The quantitative estimate of drug-likeness (QED) is 0.135. The lowest BCUT2D eigenvalue weighted by Crippen LogP contribution is -2.25. The van der Waals surface area contributed by atoms with Crippen molar-refractivity contribution in [3.63, 3.8) is 0 Å². The molecule has 0 bridgehead atoms. The van der Waals surface area contributed by atoms with Crippen molar-refractivity contribution >= 4 is 0 Å². The molecular formula is C76H106. The average molecular weight is 1020 g/mol. The van der Waals surface area contributed by atoms with E-state index in [1.807, 2.05) is 0 Å². The van der Waals surface area contributed by atoms with Gasteiger partial charge in [-0.25, -0.2) is 0 Å². The van der Waals surface area contributed by atoms with Crippen LogP contribution in [0.5, 0.6) is 0 Å². The van der Waals surface area contributed by atoms with Gasteiger partial charge in [-0.1, -0.05) is 273 Å². The van der Waals surface area contributed by atoms with E-state index < -0.39 is 0 Å². The van der Waals surface area contributed by atoms with Crippen LogP contribution < -0.4 is 0 Å². The first-order chi connectivity index (χ1) is 34.7. The van der Waals surface area contributed by atoms with Crippen molar-refractivity contribution in [3.8, 4) is 55.6 Å². The molecule has 0 amide bonds. The second-order valence-corrected chi connectivity index (χ2v) is 31.0. The van der Waals surface area contributed by atoms with E-state index in [1.165, 1.54) is 122 Å². The summed E-state index contributed by atoms with van der Waals surface area (Å²) in [4.78, 5) is 0. The summed E-state index contributed by atoms with van der Waals surface area (Å²) in [5, 5.41) is 0. The van der Waals surface area contributed by atoms with Crippen LogP contribution in [0.3, 0.4) is 0 Å². The van der Waals surface area contributed by atoms with Crippen molar-refractivity contribution in [2.24, 2.45) is 0 Å². The smallest absolute Gasteiger partial charge is 0.000804 e.